The molecule has 0 spiro atoms. The van der Waals surface area contributed by atoms with Gasteiger partial charge in [-0.3, -0.25) is 0 Å². The molecule has 0 nitrogen and oxygen atoms in total. The van der Waals surface area contributed by atoms with Gasteiger partial charge in [-0.2, -0.15) is 0 Å². The Kier molecular flexibility index (Phi) is 3.66. The second-order valence-corrected chi connectivity index (χ2v) is 4.55. The second kappa shape index (κ2) is 4.62. The Bertz CT molecular complexity index is 201. The Hall–Kier alpha value is -0.170. The Morgan fingerprint density at radius 2 is 1.90 bits per heavy atom. The Morgan fingerprint density at radius 3 is 2.50 bits per heavy atom. The summed E-state index contributed by atoms with van der Waals surface area (Å²) in [6, 6.07) is 10.4. The Labute approximate surface area is 76.5 Å². The minimum absolute atomic E-state index is 0.815. The molecule has 0 heterocycles. The number of hydrogen-bond donors (Lipinski definition) is 0. The molecule has 0 radical (unpaired) electrons. The fourth-order valence-electron chi connectivity index (χ4n) is 0.818. The summed E-state index contributed by atoms with van der Waals surface area (Å²) >= 11 is 0.815. The summed E-state index contributed by atoms with van der Waals surface area (Å²) in [4.78, 5) is 0. The molecule has 1 rings (SSSR count). The monoisotopic (exact) mass is 234 g/mol. The summed E-state index contributed by atoms with van der Waals surface area (Å²) in [5, 5.41) is 0. The molecule has 0 saturated heterocycles. The third-order valence-electron chi connectivity index (χ3n) is 1.35. The molecule has 0 fully saturated rings. The van der Waals surface area contributed by atoms with E-state index in [2.05, 4.69) is 36.4 Å². The van der Waals surface area contributed by atoms with Gasteiger partial charge in [-0.25, -0.2) is 0 Å². The van der Waals surface area contributed by atoms with E-state index in [-0.39, 0.29) is 0 Å². The van der Waals surface area contributed by atoms with Crippen molar-refractivity contribution in [2.75, 3.05) is 0 Å². The van der Waals surface area contributed by atoms with Crippen LogP contribution in [0.1, 0.15) is 5.56 Å². The number of allylic oxidation sites excluding steroid dienone is 1. The normalized spacial score (nSPS) is 10.4. The van der Waals surface area contributed by atoms with Gasteiger partial charge in [-0.05, 0) is 0 Å². The van der Waals surface area contributed by atoms with Crippen molar-refractivity contribution in [3.05, 3.63) is 42.0 Å². The molecule has 0 N–H and O–H groups in total. The molecule has 0 bridgehead atoms. The summed E-state index contributed by atoms with van der Waals surface area (Å²) in [7, 11) is 0. The van der Waals surface area contributed by atoms with Gasteiger partial charge in [0.05, 0.1) is 0 Å². The van der Waals surface area contributed by atoms with Crippen LogP contribution in [0.25, 0.3) is 6.08 Å². The zero-order valence-electron chi connectivity index (χ0n) is 6.25. The molecule has 0 amide bonds. The van der Waals surface area contributed by atoms with Gasteiger partial charge >= 0.3 is 76.6 Å². The molecule has 1 aromatic carbocycles. The summed E-state index contributed by atoms with van der Waals surface area (Å²) in [5.41, 5.74) is 1.32. The van der Waals surface area contributed by atoms with E-state index in [4.69, 9.17) is 0 Å². The van der Waals surface area contributed by atoms with Crippen molar-refractivity contribution in [2.24, 2.45) is 0 Å². The zero-order chi connectivity index (χ0) is 7.23. The molecule has 0 aliphatic rings. The van der Waals surface area contributed by atoms with Crippen molar-refractivity contribution in [1.82, 2.24) is 0 Å². The van der Waals surface area contributed by atoms with Gasteiger partial charge in [-0.1, -0.05) is 0 Å². The first-order chi connectivity index (χ1) is 4.93. The van der Waals surface area contributed by atoms with Crippen LogP contribution in [0.15, 0.2) is 36.4 Å². The average Bonchev–Trinajstić information content (AvgIpc) is 2.03. The first-order valence-corrected chi connectivity index (χ1v) is 7.68. The van der Waals surface area contributed by atoms with Crippen LogP contribution < -0.4 is 0 Å². The molecule has 0 aliphatic heterocycles. The summed E-state index contributed by atoms with van der Waals surface area (Å²) in [5.74, 6) is 0. The summed E-state index contributed by atoms with van der Waals surface area (Å²) in [6.45, 7) is 0. The zero-order valence-corrected chi connectivity index (χ0v) is 12.0. The summed E-state index contributed by atoms with van der Waals surface area (Å²) < 4.78 is 1.32. The first kappa shape index (κ1) is 7.93. The van der Waals surface area contributed by atoms with E-state index in [1.165, 1.54) is 9.74 Å². The van der Waals surface area contributed by atoms with Crippen LogP contribution in [0.2, 0.25) is 4.18 Å². The van der Waals surface area contributed by atoms with Crippen LogP contribution in [0.4, 0.5) is 0 Å². The van der Waals surface area contributed by atoms with Crippen LogP contribution >= 0.6 is 0 Å². The molecule has 10 heavy (non-hydrogen) atoms. The van der Waals surface area contributed by atoms with Crippen LogP contribution in [-0.4, -0.2) is 24.4 Å². The molecule has 50 valence electrons. The summed E-state index contributed by atoms with van der Waals surface area (Å²) in [6.07, 6.45) is 4.45. The predicted molar refractivity (Wildman–Crippen MR) is 48.8 cm³/mol. The average molecular weight is 234 g/mol. The van der Waals surface area contributed by atoms with E-state index >= 15 is 0 Å². The molecule has 1 heteroatoms. The molecular weight excluding hydrogens is 223 g/mol. The van der Waals surface area contributed by atoms with Crippen molar-refractivity contribution in [2.45, 2.75) is 4.18 Å². The van der Waals surface area contributed by atoms with Gasteiger partial charge < -0.3 is 0 Å². The van der Waals surface area contributed by atoms with E-state index in [1.807, 2.05) is 6.07 Å². The van der Waals surface area contributed by atoms with Crippen LogP contribution in [-0.2, 0) is 0 Å². The minimum atomic E-state index is 0.815. The van der Waals surface area contributed by atoms with Crippen molar-refractivity contribution < 1.29 is 0 Å². The number of hydrogen-bond acceptors (Lipinski definition) is 0. The van der Waals surface area contributed by atoms with E-state index in [0.29, 0.717) is 0 Å². The third kappa shape index (κ3) is 2.61. The van der Waals surface area contributed by atoms with Gasteiger partial charge in [-0.15, -0.1) is 0 Å². The van der Waals surface area contributed by atoms with Crippen molar-refractivity contribution in [3.63, 3.8) is 0 Å². The molecule has 0 aromatic heterocycles. The maximum absolute atomic E-state index is 2.26. The first-order valence-electron chi connectivity index (χ1n) is 3.65. The quantitative estimate of drug-likeness (QED) is 0.731. The molecule has 0 atom stereocenters. The second-order valence-electron chi connectivity index (χ2n) is 2.22. The molecule has 1 aromatic rings. The van der Waals surface area contributed by atoms with E-state index in [0.717, 1.165) is 24.4 Å². The Morgan fingerprint density at radius 1 is 1.20 bits per heavy atom. The SMILES string of the molecule is [InH2][CH2]C=Cc1ccccc1. The van der Waals surface area contributed by atoms with Gasteiger partial charge in [0.25, 0.3) is 0 Å². The molecular formula is C9H11In. The molecule has 0 aliphatic carbocycles. The maximum atomic E-state index is 2.26. The number of rotatable bonds is 2. The fraction of sp³-hybridized carbons (Fsp3) is 0.111. The Balaban J connectivity index is 2.67. The van der Waals surface area contributed by atoms with E-state index in [1.54, 1.807) is 0 Å². The van der Waals surface area contributed by atoms with Crippen molar-refractivity contribution in [3.8, 4) is 0 Å². The predicted octanol–water partition coefficient (Wildman–Crippen LogP) is 1.75. The van der Waals surface area contributed by atoms with Gasteiger partial charge in [0.15, 0.2) is 0 Å². The topological polar surface area (TPSA) is 0 Å². The van der Waals surface area contributed by atoms with Crippen LogP contribution in [0.3, 0.4) is 0 Å². The standard InChI is InChI=1S/C9H9.In.2H/c1-2-6-9-7-4-3-5-8-9;;;/h2-8H,1H2;;;. The molecule has 0 saturated carbocycles. The number of benzene rings is 1. The van der Waals surface area contributed by atoms with Crippen molar-refractivity contribution in [1.29, 1.82) is 0 Å². The third-order valence-corrected chi connectivity index (χ3v) is 2.69. The van der Waals surface area contributed by atoms with Crippen molar-refractivity contribution >= 4 is 30.5 Å². The van der Waals surface area contributed by atoms with Crippen LogP contribution in [0.5, 0.6) is 0 Å². The van der Waals surface area contributed by atoms with E-state index < -0.39 is 0 Å². The molecule has 0 unspecified atom stereocenters. The van der Waals surface area contributed by atoms with Crippen LogP contribution in [0, 0.1) is 0 Å². The fourth-order valence-corrected chi connectivity index (χ4v) is 1.49. The van der Waals surface area contributed by atoms with Gasteiger partial charge in [0.1, 0.15) is 0 Å². The van der Waals surface area contributed by atoms with Gasteiger partial charge in [0, 0.05) is 0 Å². The van der Waals surface area contributed by atoms with E-state index in [9.17, 15) is 0 Å². The van der Waals surface area contributed by atoms with Gasteiger partial charge in [0.2, 0.25) is 0 Å².